The number of sulfone groups is 1. The number of likely N-dealkylation sites (tertiary alicyclic amines) is 1. The summed E-state index contributed by atoms with van der Waals surface area (Å²) in [6.45, 7) is 8.13. The van der Waals surface area contributed by atoms with E-state index in [2.05, 4.69) is 30.2 Å². The molecule has 1 aliphatic heterocycles. The standard InChI is InChI=1S/C20H30N4O4S/c1-20(2,3)11-18-21-16-10-14(6-7-17(16)24(18)9-8-22(4)5)29(27,28)15-12-23(13-15)19(25)26/h6-7,10,15H,8-9,11-13H2,1-5H3,(H,25,26). The second-order valence-electron chi connectivity index (χ2n) is 9.23. The van der Waals surface area contributed by atoms with Crippen molar-refractivity contribution in [1.29, 1.82) is 0 Å². The number of carbonyl (C=O) groups is 1. The van der Waals surface area contributed by atoms with Crippen molar-refractivity contribution < 1.29 is 18.3 Å². The molecule has 3 rings (SSSR count). The van der Waals surface area contributed by atoms with Crippen LogP contribution in [-0.4, -0.2) is 77.9 Å². The van der Waals surface area contributed by atoms with Crippen LogP contribution in [0.5, 0.6) is 0 Å². The van der Waals surface area contributed by atoms with Gasteiger partial charge in [-0.25, -0.2) is 18.2 Å². The smallest absolute Gasteiger partial charge is 0.407 e. The van der Waals surface area contributed by atoms with E-state index in [1.165, 1.54) is 0 Å². The number of likely N-dealkylation sites (N-methyl/N-ethyl adjacent to an activating group) is 1. The minimum absolute atomic E-state index is 0.0161. The number of carboxylic acid groups (broad SMARTS) is 1. The fourth-order valence-corrected chi connectivity index (χ4v) is 5.15. The molecule has 0 atom stereocenters. The van der Waals surface area contributed by atoms with Crippen LogP contribution >= 0.6 is 0 Å². The van der Waals surface area contributed by atoms with Crippen LogP contribution in [0.15, 0.2) is 23.1 Å². The van der Waals surface area contributed by atoms with E-state index < -0.39 is 21.2 Å². The van der Waals surface area contributed by atoms with Crippen LogP contribution in [0.2, 0.25) is 0 Å². The number of hydrogen-bond acceptors (Lipinski definition) is 5. The lowest BCUT2D eigenvalue weighted by Crippen LogP contribution is -2.56. The van der Waals surface area contributed by atoms with Gasteiger partial charge in [0, 0.05) is 32.6 Å². The minimum atomic E-state index is -3.59. The van der Waals surface area contributed by atoms with Gasteiger partial charge in [0.1, 0.15) is 11.1 Å². The Kier molecular flexibility index (Phi) is 5.66. The zero-order valence-electron chi connectivity index (χ0n) is 17.7. The maximum Gasteiger partial charge on any atom is 0.407 e. The molecule has 9 heteroatoms. The highest BCUT2D eigenvalue weighted by Gasteiger charge is 2.40. The van der Waals surface area contributed by atoms with Gasteiger partial charge in [0.15, 0.2) is 9.84 Å². The topological polar surface area (TPSA) is 95.7 Å². The molecule has 1 aliphatic rings. The fourth-order valence-electron chi connectivity index (χ4n) is 3.48. The van der Waals surface area contributed by atoms with Crippen molar-refractivity contribution in [2.24, 2.45) is 5.41 Å². The van der Waals surface area contributed by atoms with Gasteiger partial charge in [-0.2, -0.15) is 0 Å². The summed E-state index contributed by atoms with van der Waals surface area (Å²) in [5.74, 6) is 0.949. The Morgan fingerprint density at radius 1 is 1.28 bits per heavy atom. The van der Waals surface area contributed by atoms with Gasteiger partial charge in [-0.15, -0.1) is 0 Å². The lowest BCUT2D eigenvalue weighted by atomic mass is 9.92. The molecule has 1 N–H and O–H groups in total. The molecule has 2 heterocycles. The molecule has 0 saturated carbocycles. The molecule has 160 valence electrons. The van der Waals surface area contributed by atoms with Crippen molar-refractivity contribution >= 4 is 27.0 Å². The summed E-state index contributed by atoms with van der Waals surface area (Å²) in [6.07, 6.45) is -0.300. The number of nitrogens with zero attached hydrogens (tertiary/aromatic N) is 4. The van der Waals surface area contributed by atoms with Gasteiger partial charge in [-0.05, 0) is 37.7 Å². The molecule has 0 aliphatic carbocycles. The van der Waals surface area contributed by atoms with E-state index >= 15 is 0 Å². The van der Waals surface area contributed by atoms with Gasteiger partial charge >= 0.3 is 6.09 Å². The van der Waals surface area contributed by atoms with Gasteiger partial charge in [0.25, 0.3) is 0 Å². The molecule has 0 spiro atoms. The molecule has 29 heavy (non-hydrogen) atoms. The summed E-state index contributed by atoms with van der Waals surface area (Å²) in [5, 5.41) is 8.27. The molecule has 1 fully saturated rings. The van der Waals surface area contributed by atoms with Crippen molar-refractivity contribution in [3.63, 3.8) is 0 Å². The fraction of sp³-hybridized carbons (Fsp3) is 0.600. The van der Waals surface area contributed by atoms with Crippen LogP contribution in [0.3, 0.4) is 0 Å². The predicted molar refractivity (Wildman–Crippen MR) is 112 cm³/mol. The predicted octanol–water partition coefficient (Wildman–Crippen LogP) is 2.32. The molecule has 1 aromatic heterocycles. The Bertz CT molecular complexity index is 1020. The molecule has 8 nitrogen and oxygen atoms in total. The molecule has 0 bridgehead atoms. The third kappa shape index (κ3) is 4.56. The molecule has 1 saturated heterocycles. The molecule has 1 aromatic carbocycles. The summed E-state index contributed by atoms with van der Waals surface area (Å²) >= 11 is 0. The summed E-state index contributed by atoms with van der Waals surface area (Å²) < 4.78 is 28.0. The van der Waals surface area contributed by atoms with Gasteiger partial charge in [0.2, 0.25) is 0 Å². The highest BCUT2D eigenvalue weighted by atomic mass is 32.2. The van der Waals surface area contributed by atoms with E-state index in [0.717, 1.165) is 35.8 Å². The summed E-state index contributed by atoms with van der Waals surface area (Å²) in [4.78, 5) is 19.1. The second-order valence-corrected chi connectivity index (χ2v) is 11.5. The Morgan fingerprint density at radius 3 is 2.48 bits per heavy atom. The van der Waals surface area contributed by atoms with Crippen LogP contribution < -0.4 is 0 Å². The highest BCUT2D eigenvalue weighted by Crippen LogP contribution is 2.29. The molecular weight excluding hydrogens is 392 g/mol. The molecule has 0 unspecified atom stereocenters. The quantitative estimate of drug-likeness (QED) is 0.768. The number of fused-ring (bicyclic) bond motifs is 1. The van der Waals surface area contributed by atoms with Crippen LogP contribution in [0.1, 0.15) is 26.6 Å². The lowest BCUT2D eigenvalue weighted by Gasteiger charge is -2.36. The first kappa shape index (κ1) is 21.6. The van der Waals surface area contributed by atoms with Crippen molar-refractivity contribution in [1.82, 2.24) is 19.4 Å². The summed E-state index contributed by atoms with van der Waals surface area (Å²) in [7, 11) is 0.453. The van der Waals surface area contributed by atoms with Crippen LogP contribution in [-0.2, 0) is 22.8 Å². The van der Waals surface area contributed by atoms with E-state index in [0.29, 0.717) is 5.52 Å². The van der Waals surface area contributed by atoms with Crippen molar-refractivity contribution in [2.45, 2.75) is 43.9 Å². The highest BCUT2D eigenvalue weighted by molar-refractivity contribution is 7.92. The second kappa shape index (κ2) is 7.60. The van der Waals surface area contributed by atoms with E-state index in [1.54, 1.807) is 12.1 Å². The lowest BCUT2D eigenvalue weighted by molar-refractivity contribution is 0.120. The Balaban J connectivity index is 1.96. The Hall–Kier alpha value is -2.13. The number of hydrogen-bond donors (Lipinski definition) is 1. The first-order valence-corrected chi connectivity index (χ1v) is 11.3. The monoisotopic (exact) mass is 422 g/mol. The first-order chi connectivity index (χ1) is 13.4. The zero-order valence-corrected chi connectivity index (χ0v) is 18.5. The SMILES string of the molecule is CN(C)CCn1c(CC(C)(C)C)nc2cc(S(=O)(=O)C3CN(C(=O)O)C3)ccc21. The van der Waals surface area contributed by atoms with Gasteiger partial charge < -0.3 is 19.5 Å². The van der Waals surface area contributed by atoms with Crippen LogP contribution in [0.4, 0.5) is 4.79 Å². The van der Waals surface area contributed by atoms with E-state index in [-0.39, 0.29) is 23.4 Å². The van der Waals surface area contributed by atoms with E-state index in [9.17, 15) is 13.2 Å². The van der Waals surface area contributed by atoms with Gasteiger partial charge in [-0.3, -0.25) is 0 Å². The first-order valence-electron chi connectivity index (χ1n) is 9.74. The third-order valence-corrected chi connectivity index (χ3v) is 7.23. The van der Waals surface area contributed by atoms with Gasteiger partial charge in [-0.1, -0.05) is 20.8 Å². The number of aromatic nitrogens is 2. The average molecular weight is 423 g/mol. The normalized spacial score (nSPS) is 15.9. The van der Waals surface area contributed by atoms with Gasteiger partial charge in [0.05, 0.1) is 15.9 Å². The number of benzene rings is 1. The van der Waals surface area contributed by atoms with E-state index in [1.807, 2.05) is 20.2 Å². The van der Waals surface area contributed by atoms with Crippen molar-refractivity contribution in [3.8, 4) is 0 Å². The third-order valence-electron chi connectivity index (χ3n) is 5.14. The summed E-state index contributed by atoms with van der Waals surface area (Å²) in [5.41, 5.74) is 1.64. The molecule has 1 amide bonds. The maximum absolute atomic E-state index is 12.9. The number of imidazole rings is 1. The Morgan fingerprint density at radius 2 is 1.93 bits per heavy atom. The number of amides is 1. The zero-order chi connectivity index (χ0) is 21.6. The molecular formula is C20H30N4O4S. The largest absolute Gasteiger partial charge is 0.465 e. The van der Waals surface area contributed by atoms with Crippen molar-refractivity contribution in [3.05, 3.63) is 24.0 Å². The summed E-state index contributed by atoms with van der Waals surface area (Å²) in [6, 6.07) is 5.08. The minimum Gasteiger partial charge on any atom is -0.465 e. The molecule has 2 aromatic rings. The Labute approximate surface area is 172 Å². The maximum atomic E-state index is 12.9. The number of rotatable bonds is 6. The van der Waals surface area contributed by atoms with Crippen LogP contribution in [0, 0.1) is 5.41 Å². The van der Waals surface area contributed by atoms with Crippen LogP contribution in [0.25, 0.3) is 11.0 Å². The van der Waals surface area contributed by atoms with Crippen molar-refractivity contribution in [2.75, 3.05) is 33.7 Å². The molecule has 0 radical (unpaired) electrons. The van der Waals surface area contributed by atoms with E-state index in [4.69, 9.17) is 10.1 Å². The average Bonchev–Trinajstić information content (AvgIpc) is 2.84.